The smallest absolute Gasteiger partial charge is 0.416 e. The van der Waals surface area contributed by atoms with E-state index < -0.39 is 11.7 Å². The highest BCUT2D eigenvalue weighted by atomic mass is 35.5. The molecule has 8 nitrogen and oxygen atoms in total. The van der Waals surface area contributed by atoms with Crippen molar-refractivity contribution in [2.45, 2.75) is 19.3 Å². The topological polar surface area (TPSA) is 68.4 Å². The number of amides is 3. The van der Waals surface area contributed by atoms with Crippen LogP contribution in [0.5, 0.6) is 5.75 Å². The lowest BCUT2D eigenvalue weighted by molar-refractivity contribution is -0.137. The summed E-state index contributed by atoms with van der Waals surface area (Å²) in [6.07, 6.45) is -4.35. The number of nitrogens with zero attached hydrogens (tertiary/aromatic N) is 4. The van der Waals surface area contributed by atoms with Gasteiger partial charge in [0.15, 0.2) is 0 Å². The summed E-state index contributed by atoms with van der Waals surface area (Å²) in [5, 5.41) is 2.94. The number of hydrogen-bond donors (Lipinski definition) is 1. The van der Waals surface area contributed by atoms with Crippen LogP contribution in [0.2, 0.25) is 0 Å². The van der Waals surface area contributed by atoms with Crippen LogP contribution in [0.4, 0.5) is 23.7 Å². The largest absolute Gasteiger partial charge is 0.497 e. The maximum Gasteiger partial charge on any atom is 0.416 e. The standard InChI is InChI=1S/C32H36F3N5O3.2ClH/c1-43-29-11-7-25(8-12-29)23-38-15-19-40(20-16-38)31(42)36-28-4-2-3-26(21-28)30(41)39-17-13-37(14-18-39)22-24-5-9-27(10-6-24)32(33,34)35;;/h2-12,21H,13-20,22-23H2,1H3,(H,36,42);2*1H. The van der Waals surface area contributed by atoms with Gasteiger partial charge in [-0.05, 0) is 53.6 Å². The first-order valence-corrected chi connectivity index (χ1v) is 14.4. The van der Waals surface area contributed by atoms with Crippen molar-refractivity contribution in [2.75, 3.05) is 64.8 Å². The maximum absolute atomic E-state index is 13.2. The maximum atomic E-state index is 13.2. The number of rotatable bonds is 7. The number of methoxy groups -OCH3 is 1. The van der Waals surface area contributed by atoms with Gasteiger partial charge in [0.1, 0.15) is 5.75 Å². The zero-order valence-electron chi connectivity index (χ0n) is 25.0. The molecule has 0 unspecified atom stereocenters. The number of piperazine rings is 2. The molecule has 3 aromatic carbocycles. The Morgan fingerprint density at radius 2 is 1.24 bits per heavy atom. The number of urea groups is 1. The average molecular weight is 669 g/mol. The Morgan fingerprint density at radius 3 is 1.76 bits per heavy atom. The molecule has 2 fully saturated rings. The van der Waals surface area contributed by atoms with E-state index >= 15 is 0 Å². The molecule has 0 radical (unpaired) electrons. The minimum atomic E-state index is -4.35. The predicted molar refractivity (Wildman–Crippen MR) is 172 cm³/mol. The molecule has 0 saturated carbocycles. The molecule has 2 aliphatic heterocycles. The van der Waals surface area contributed by atoms with E-state index in [1.807, 2.05) is 12.1 Å². The van der Waals surface area contributed by atoms with Crippen molar-refractivity contribution in [2.24, 2.45) is 0 Å². The molecular weight excluding hydrogens is 630 g/mol. The molecule has 2 heterocycles. The molecule has 3 amide bonds. The Hall–Kier alpha value is -3.51. The fraction of sp³-hybridized carbons (Fsp3) is 0.375. The lowest BCUT2D eigenvalue weighted by Gasteiger charge is -2.35. The van der Waals surface area contributed by atoms with E-state index in [2.05, 4.69) is 27.2 Å². The molecule has 0 bridgehead atoms. The number of ether oxygens (including phenoxy) is 1. The molecule has 1 N–H and O–H groups in total. The third kappa shape index (κ3) is 9.74. The van der Waals surface area contributed by atoms with Crippen molar-refractivity contribution in [1.82, 2.24) is 19.6 Å². The van der Waals surface area contributed by atoms with Gasteiger partial charge in [0.2, 0.25) is 0 Å². The van der Waals surface area contributed by atoms with Gasteiger partial charge in [-0.1, -0.05) is 30.3 Å². The quantitative estimate of drug-likeness (QED) is 0.342. The lowest BCUT2D eigenvalue weighted by Crippen LogP contribution is -2.49. The van der Waals surface area contributed by atoms with Gasteiger partial charge in [-0.15, -0.1) is 24.8 Å². The Balaban J connectivity index is 0.00000276. The number of nitrogens with one attached hydrogen (secondary N) is 1. The predicted octanol–water partition coefficient (Wildman–Crippen LogP) is 5.87. The molecule has 244 valence electrons. The van der Waals surface area contributed by atoms with E-state index in [1.54, 1.807) is 41.2 Å². The van der Waals surface area contributed by atoms with Crippen molar-refractivity contribution in [3.63, 3.8) is 0 Å². The summed E-state index contributed by atoms with van der Waals surface area (Å²) < 4.78 is 43.7. The van der Waals surface area contributed by atoms with Crippen LogP contribution in [-0.4, -0.2) is 91.0 Å². The van der Waals surface area contributed by atoms with Crippen LogP contribution in [0.15, 0.2) is 72.8 Å². The first-order valence-electron chi connectivity index (χ1n) is 14.4. The van der Waals surface area contributed by atoms with E-state index in [0.717, 1.165) is 43.1 Å². The number of benzene rings is 3. The summed E-state index contributed by atoms with van der Waals surface area (Å²) in [6.45, 7) is 6.35. The Labute approximate surface area is 273 Å². The van der Waals surface area contributed by atoms with Gasteiger partial charge in [0.25, 0.3) is 5.91 Å². The third-order valence-corrected chi connectivity index (χ3v) is 7.93. The minimum absolute atomic E-state index is 0. The number of carbonyl (C=O) groups excluding carboxylic acids is 2. The second-order valence-electron chi connectivity index (χ2n) is 10.9. The second-order valence-corrected chi connectivity index (χ2v) is 10.9. The summed E-state index contributed by atoms with van der Waals surface area (Å²) in [4.78, 5) is 34.2. The van der Waals surface area contributed by atoms with E-state index in [1.165, 1.54) is 17.7 Å². The minimum Gasteiger partial charge on any atom is -0.497 e. The highest BCUT2D eigenvalue weighted by Crippen LogP contribution is 2.29. The molecule has 45 heavy (non-hydrogen) atoms. The van der Waals surface area contributed by atoms with Gasteiger partial charge in [-0.2, -0.15) is 13.2 Å². The molecule has 2 aliphatic rings. The van der Waals surface area contributed by atoms with Crippen LogP contribution in [0.3, 0.4) is 0 Å². The van der Waals surface area contributed by atoms with Crippen LogP contribution in [0.1, 0.15) is 27.0 Å². The zero-order valence-corrected chi connectivity index (χ0v) is 26.6. The summed E-state index contributed by atoms with van der Waals surface area (Å²) in [7, 11) is 1.65. The Bertz CT molecular complexity index is 1390. The normalized spacial score (nSPS) is 15.9. The third-order valence-electron chi connectivity index (χ3n) is 7.93. The summed E-state index contributed by atoms with van der Waals surface area (Å²) in [5.41, 5.74) is 2.40. The van der Waals surface area contributed by atoms with Gasteiger partial charge in [-0.25, -0.2) is 4.79 Å². The van der Waals surface area contributed by atoms with E-state index in [4.69, 9.17) is 4.74 Å². The number of halogens is 5. The van der Waals surface area contributed by atoms with Crippen molar-refractivity contribution in [1.29, 1.82) is 0 Å². The fourth-order valence-corrected chi connectivity index (χ4v) is 5.38. The van der Waals surface area contributed by atoms with Crippen LogP contribution >= 0.6 is 24.8 Å². The summed E-state index contributed by atoms with van der Waals surface area (Å²) >= 11 is 0. The second kappa shape index (κ2) is 16.2. The van der Waals surface area contributed by atoms with Gasteiger partial charge in [0, 0.05) is 76.7 Å². The number of anilines is 1. The van der Waals surface area contributed by atoms with Crippen LogP contribution in [0, 0.1) is 0 Å². The van der Waals surface area contributed by atoms with Gasteiger partial charge >= 0.3 is 12.2 Å². The monoisotopic (exact) mass is 667 g/mol. The van der Waals surface area contributed by atoms with Crippen molar-refractivity contribution < 1.29 is 27.5 Å². The van der Waals surface area contributed by atoms with Crippen LogP contribution in [-0.2, 0) is 19.3 Å². The van der Waals surface area contributed by atoms with Crippen molar-refractivity contribution in [3.8, 4) is 5.75 Å². The molecule has 13 heteroatoms. The number of hydrogen-bond acceptors (Lipinski definition) is 5. The van der Waals surface area contributed by atoms with Crippen molar-refractivity contribution in [3.05, 3.63) is 95.1 Å². The molecule has 3 aromatic rings. The highest BCUT2D eigenvalue weighted by molar-refractivity contribution is 5.97. The first-order chi connectivity index (χ1) is 20.7. The molecule has 0 spiro atoms. The van der Waals surface area contributed by atoms with Crippen molar-refractivity contribution >= 4 is 42.4 Å². The van der Waals surface area contributed by atoms with E-state index in [9.17, 15) is 22.8 Å². The molecule has 0 atom stereocenters. The Morgan fingerprint density at radius 1 is 0.733 bits per heavy atom. The van der Waals surface area contributed by atoms with E-state index in [-0.39, 0.29) is 36.8 Å². The molecule has 2 saturated heterocycles. The lowest BCUT2D eigenvalue weighted by atomic mass is 10.1. The molecule has 0 aliphatic carbocycles. The fourth-order valence-electron chi connectivity index (χ4n) is 5.38. The molecule has 5 rings (SSSR count). The van der Waals surface area contributed by atoms with E-state index in [0.29, 0.717) is 57.1 Å². The summed E-state index contributed by atoms with van der Waals surface area (Å²) in [5.74, 6) is 0.714. The molecule has 0 aromatic heterocycles. The first kappa shape index (κ1) is 36.0. The Kier molecular flexibility index (Phi) is 12.9. The average Bonchev–Trinajstić information content (AvgIpc) is 3.02. The van der Waals surface area contributed by atoms with Gasteiger partial charge < -0.3 is 19.9 Å². The number of alkyl halides is 3. The number of carbonyl (C=O) groups is 2. The summed E-state index contributed by atoms with van der Waals surface area (Å²) in [6, 6.07) is 20.0. The highest BCUT2D eigenvalue weighted by Gasteiger charge is 2.30. The van der Waals surface area contributed by atoms with Crippen LogP contribution < -0.4 is 10.1 Å². The van der Waals surface area contributed by atoms with Gasteiger partial charge in [0.05, 0.1) is 12.7 Å². The molecular formula is C32H38Cl2F3N5O3. The van der Waals surface area contributed by atoms with Crippen LogP contribution in [0.25, 0.3) is 0 Å². The zero-order chi connectivity index (χ0) is 30.4. The van der Waals surface area contributed by atoms with Gasteiger partial charge in [-0.3, -0.25) is 14.6 Å². The SMILES string of the molecule is COc1ccc(CN2CCN(C(=O)Nc3cccc(C(=O)N4CCN(Cc5ccc(C(F)(F)F)cc5)CC4)c3)CC2)cc1.Cl.Cl.